The predicted octanol–water partition coefficient (Wildman–Crippen LogP) is 7.05. The zero-order valence-corrected chi connectivity index (χ0v) is 24.0. The van der Waals surface area contributed by atoms with Crippen molar-refractivity contribution in [1.29, 1.82) is 0 Å². The lowest BCUT2D eigenvalue weighted by Gasteiger charge is -2.30. The van der Waals surface area contributed by atoms with Crippen molar-refractivity contribution in [2.75, 3.05) is 15.7 Å². The molecular weight excluding hydrogens is 594 g/mol. The highest BCUT2D eigenvalue weighted by molar-refractivity contribution is 9.10. The average molecular weight is 619 g/mol. The van der Waals surface area contributed by atoms with Gasteiger partial charge in [0.25, 0.3) is 15.9 Å². The topological polar surface area (TPSA) is 70.6 Å². The number of carbonyl (C=O) groups is 1. The van der Waals surface area contributed by atoms with Crippen LogP contribution < -0.4 is 9.21 Å². The quantitative estimate of drug-likeness (QED) is 0.205. The van der Waals surface area contributed by atoms with Crippen LogP contribution in [0.4, 0.5) is 10.8 Å². The molecule has 1 aromatic heterocycles. The molecule has 0 saturated carbocycles. The maximum atomic E-state index is 13.8. The van der Waals surface area contributed by atoms with Gasteiger partial charge in [0.2, 0.25) is 0 Å². The van der Waals surface area contributed by atoms with E-state index in [0.717, 1.165) is 44.3 Å². The van der Waals surface area contributed by atoms with Crippen LogP contribution in [-0.4, -0.2) is 25.9 Å². The molecule has 0 saturated heterocycles. The summed E-state index contributed by atoms with van der Waals surface area (Å²) in [5.74, 6) is -0.246. The molecule has 0 aliphatic carbocycles. The molecule has 0 unspecified atom stereocenters. The average Bonchev–Trinajstić information content (AvgIpc) is 3.38. The van der Waals surface area contributed by atoms with E-state index in [1.54, 1.807) is 17.0 Å². The molecule has 1 aliphatic rings. The first-order valence-electron chi connectivity index (χ1n) is 12.5. The smallest absolute Gasteiger partial charge is 0.264 e. The van der Waals surface area contributed by atoms with Crippen molar-refractivity contribution in [3.05, 3.63) is 118 Å². The summed E-state index contributed by atoms with van der Waals surface area (Å²) in [6.45, 7) is 0.768. The summed E-state index contributed by atoms with van der Waals surface area (Å²) in [4.78, 5) is 20.4. The summed E-state index contributed by atoms with van der Waals surface area (Å²) in [6.07, 6.45) is 1.62. The maximum absolute atomic E-state index is 13.8. The number of rotatable bonds is 6. The van der Waals surface area contributed by atoms with Crippen LogP contribution in [0.25, 0.3) is 10.2 Å². The molecule has 6 rings (SSSR count). The Labute approximate surface area is 239 Å². The molecule has 0 spiro atoms. The molecule has 39 heavy (non-hydrogen) atoms. The van der Waals surface area contributed by atoms with Crippen molar-refractivity contribution < 1.29 is 13.2 Å². The van der Waals surface area contributed by atoms with E-state index in [2.05, 4.69) is 15.9 Å². The third-order valence-corrected chi connectivity index (χ3v) is 10.1. The first kappa shape index (κ1) is 25.7. The first-order chi connectivity index (χ1) is 18.9. The predicted molar refractivity (Wildman–Crippen MR) is 160 cm³/mol. The van der Waals surface area contributed by atoms with Gasteiger partial charge in [-0.2, -0.15) is 0 Å². The Bertz CT molecular complexity index is 1770. The second-order valence-electron chi connectivity index (χ2n) is 9.32. The summed E-state index contributed by atoms with van der Waals surface area (Å²) in [5.41, 5.74) is 3.92. The molecule has 0 atom stereocenters. The van der Waals surface area contributed by atoms with Crippen molar-refractivity contribution in [3.8, 4) is 0 Å². The number of aryl methyl sites for hydroxylation is 1. The van der Waals surface area contributed by atoms with E-state index in [1.807, 2.05) is 72.8 Å². The van der Waals surface area contributed by atoms with E-state index in [1.165, 1.54) is 27.8 Å². The van der Waals surface area contributed by atoms with Crippen molar-refractivity contribution in [3.63, 3.8) is 0 Å². The molecule has 1 amide bonds. The van der Waals surface area contributed by atoms with Crippen LogP contribution in [-0.2, 0) is 23.0 Å². The number of fused-ring (bicyclic) bond motifs is 2. The fourth-order valence-electron chi connectivity index (χ4n) is 4.80. The molecule has 5 aromatic rings. The summed E-state index contributed by atoms with van der Waals surface area (Å²) < 4.78 is 30.5. The number of carbonyl (C=O) groups excluding carboxylic acids is 1. The Balaban J connectivity index is 1.33. The van der Waals surface area contributed by atoms with Crippen molar-refractivity contribution in [2.45, 2.75) is 24.3 Å². The van der Waals surface area contributed by atoms with E-state index in [9.17, 15) is 13.2 Å². The lowest BCUT2D eigenvalue weighted by molar-refractivity contribution is 0.0985. The van der Waals surface area contributed by atoms with Crippen LogP contribution in [0.1, 0.15) is 27.9 Å². The highest BCUT2D eigenvalue weighted by Gasteiger charge is 2.29. The summed E-state index contributed by atoms with van der Waals surface area (Å²) in [7, 11) is -3.77. The Morgan fingerprint density at radius 1 is 0.949 bits per heavy atom. The molecule has 0 fully saturated rings. The first-order valence-corrected chi connectivity index (χ1v) is 15.6. The van der Waals surface area contributed by atoms with Gasteiger partial charge in [-0.05, 0) is 72.5 Å². The summed E-state index contributed by atoms with van der Waals surface area (Å²) in [5, 5.41) is 0.582. The van der Waals surface area contributed by atoms with E-state index in [-0.39, 0.29) is 10.8 Å². The van der Waals surface area contributed by atoms with Crippen LogP contribution >= 0.6 is 27.3 Å². The molecule has 4 aromatic carbocycles. The second kappa shape index (κ2) is 10.6. The number of nitrogens with zero attached hydrogens (tertiary/aromatic N) is 3. The molecule has 1 aliphatic heterocycles. The minimum atomic E-state index is -3.77. The van der Waals surface area contributed by atoms with Gasteiger partial charge in [-0.15, -0.1) is 0 Å². The minimum Gasteiger partial charge on any atom is -0.279 e. The van der Waals surface area contributed by atoms with Gasteiger partial charge in [0.15, 0.2) is 5.13 Å². The largest absolute Gasteiger partial charge is 0.279 e. The molecular formula is C30H24BrN3O3S2. The SMILES string of the molecule is O=C(c1ccc(S(=O)(=O)N2CCCc3ccccc32)cc1)N(Cc1ccccc1)c1nc2ccc(Br)cc2s1. The molecule has 196 valence electrons. The highest BCUT2D eigenvalue weighted by Crippen LogP contribution is 2.34. The van der Waals surface area contributed by atoms with Gasteiger partial charge in [-0.3, -0.25) is 14.0 Å². The number of amides is 1. The van der Waals surface area contributed by atoms with Gasteiger partial charge in [-0.1, -0.05) is 75.8 Å². The molecule has 2 heterocycles. The number of hydrogen-bond donors (Lipinski definition) is 0. The van der Waals surface area contributed by atoms with Gasteiger partial charge in [0.1, 0.15) is 0 Å². The van der Waals surface area contributed by atoms with Gasteiger partial charge < -0.3 is 0 Å². The van der Waals surface area contributed by atoms with Crippen LogP contribution in [0.2, 0.25) is 0 Å². The van der Waals surface area contributed by atoms with Crippen molar-refractivity contribution >= 4 is 64.2 Å². The molecule has 6 nitrogen and oxygen atoms in total. The number of hydrogen-bond acceptors (Lipinski definition) is 5. The summed E-state index contributed by atoms with van der Waals surface area (Å²) >= 11 is 4.95. The second-order valence-corrected chi connectivity index (χ2v) is 13.1. The molecule has 9 heteroatoms. The zero-order valence-electron chi connectivity index (χ0n) is 20.8. The van der Waals surface area contributed by atoms with E-state index < -0.39 is 10.0 Å². The van der Waals surface area contributed by atoms with Crippen LogP contribution in [0, 0.1) is 0 Å². The normalized spacial score (nSPS) is 13.3. The number of para-hydroxylation sites is 1. The zero-order chi connectivity index (χ0) is 27.0. The van der Waals surface area contributed by atoms with Crippen LogP contribution in [0.5, 0.6) is 0 Å². The van der Waals surface area contributed by atoms with Gasteiger partial charge >= 0.3 is 0 Å². The number of aromatic nitrogens is 1. The van der Waals surface area contributed by atoms with Gasteiger partial charge in [0.05, 0.1) is 27.3 Å². The number of halogens is 1. The lowest BCUT2D eigenvalue weighted by atomic mass is 10.0. The minimum absolute atomic E-state index is 0.162. The van der Waals surface area contributed by atoms with Crippen LogP contribution in [0.15, 0.2) is 106 Å². The molecule has 0 bridgehead atoms. The van der Waals surface area contributed by atoms with Gasteiger partial charge in [0, 0.05) is 16.6 Å². The fourth-order valence-corrected chi connectivity index (χ4v) is 7.85. The van der Waals surface area contributed by atoms with E-state index >= 15 is 0 Å². The van der Waals surface area contributed by atoms with Gasteiger partial charge in [-0.25, -0.2) is 13.4 Å². The Kier molecular flexibility index (Phi) is 6.97. The molecule has 0 N–H and O–H groups in total. The number of benzene rings is 4. The number of anilines is 2. The fraction of sp³-hybridized carbons (Fsp3) is 0.133. The Morgan fingerprint density at radius 2 is 1.69 bits per heavy atom. The van der Waals surface area contributed by atoms with Crippen molar-refractivity contribution in [1.82, 2.24) is 4.98 Å². The number of thiazole rings is 1. The number of sulfonamides is 1. The van der Waals surface area contributed by atoms with E-state index in [0.29, 0.717) is 23.8 Å². The monoisotopic (exact) mass is 617 g/mol. The Morgan fingerprint density at radius 3 is 2.49 bits per heavy atom. The third kappa shape index (κ3) is 5.09. The standard InChI is InChI=1S/C30H24BrN3O3S2/c31-24-14-17-26-28(19-24)38-30(32-26)33(20-21-7-2-1-3-8-21)29(35)23-12-15-25(16-13-23)39(36,37)34-18-6-10-22-9-4-5-11-27(22)34/h1-5,7-9,11-17,19H,6,10,18,20H2. The summed E-state index contributed by atoms with van der Waals surface area (Å²) in [6, 6.07) is 29.4. The lowest BCUT2D eigenvalue weighted by Crippen LogP contribution is -2.35. The molecule has 0 radical (unpaired) electrons. The Hall–Kier alpha value is -3.53. The highest BCUT2D eigenvalue weighted by atomic mass is 79.9. The van der Waals surface area contributed by atoms with Crippen LogP contribution in [0.3, 0.4) is 0 Å². The van der Waals surface area contributed by atoms with Crippen molar-refractivity contribution in [2.24, 2.45) is 0 Å². The third-order valence-electron chi connectivity index (χ3n) is 6.76. The maximum Gasteiger partial charge on any atom is 0.264 e. The van der Waals surface area contributed by atoms with E-state index in [4.69, 9.17) is 4.98 Å².